The Morgan fingerprint density at radius 2 is 1.94 bits per heavy atom. The van der Waals surface area contributed by atoms with Crippen LogP contribution in [0.5, 0.6) is 0 Å². The van der Waals surface area contributed by atoms with Gasteiger partial charge in [0.1, 0.15) is 0 Å². The van der Waals surface area contributed by atoms with Crippen molar-refractivity contribution in [3.63, 3.8) is 0 Å². The largest absolute Gasteiger partial charge is 0.388 e. The third-order valence-electron chi connectivity index (χ3n) is 2.70. The first-order valence-electron chi connectivity index (χ1n) is 5.88. The van der Waals surface area contributed by atoms with Crippen LogP contribution in [-0.4, -0.2) is 13.6 Å². The molecule has 2 N–H and O–H groups in total. The summed E-state index contributed by atoms with van der Waals surface area (Å²) in [5.74, 6) is 0. The second kappa shape index (κ2) is 6.42. The van der Waals surface area contributed by atoms with Gasteiger partial charge in [-0.2, -0.15) is 0 Å². The molecule has 2 aromatic rings. The van der Waals surface area contributed by atoms with Crippen molar-refractivity contribution in [2.24, 2.45) is 0 Å². The minimum Gasteiger partial charge on any atom is -0.388 e. The summed E-state index contributed by atoms with van der Waals surface area (Å²) in [7, 11) is 1.94. The normalized spacial score (nSPS) is 10.4. The lowest BCUT2D eigenvalue weighted by molar-refractivity contribution is 0.691. The molecule has 0 radical (unpaired) electrons. The zero-order chi connectivity index (χ0) is 11.9. The average molecular weight is 246 g/mol. The minimum atomic E-state index is 0.940. The molecule has 0 aliphatic carbocycles. The minimum absolute atomic E-state index is 0.940. The molecule has 2 nitrogen and oxygen atoms in total. The van der Waals surface area contributed by atoms with Gasteiger partial charge in [-0.3, -0.25) is 0 Å². The van der Waals surface area contributed by atoms with E-state index in [9.17, 15) is 0 Å². The van der Waals surface area contributed by atoms with Gasteiger partial charge in [0.15, 0.2) is 0 Å². The fourth-order valence-electron chi connectivity index (χ4n) is 1.69. The number of nitrogens with one attached hydrogen (secondary N) is 2. The quantitative estimate of drug-likeness (QED) is 0.765. The van der Waals surface area contributed by atoms with Crippen LogP contribution >= 0.6 is 11.3 Å². The van der Waals surface area contributed by atoms with Crippen LogP contribution in [0.2, 0.25) is 0 Å². The number of hydrogen-bond donors (Lipinski definition) is 2. The van der Waals surface area contributed by atoms with E-state index in [4.69, 9.17) is 0 Å². The first-order chi connectivity index (χ1) is 8.38. The van der Waals surface area contributed by atoms with Gasteiger partial charge in [0.2, 0.25) is 0 Å². The molecule has 17 heavy (non-hydrogen) atoms. The van der Waals surface area contributed by atoms with E-state index >= 15 is 0 Å². The van der Waals surface area contributed by atoms with Crippen molar-refractivity contribution in [1.82, 2.24) is 5.32 Å². The Morgan fingerprint density at radius 1 is 1.12 bits per heavy atom. The fraction of sp³-hybridized carbons (Fsp3) is 0.286. The summed E-state index contributed by atoms with van der Waals surface area (Å²) in [6.07, 6.45) is 1.12. The third-order valence-corrected chi connectivity index (χ3v) is 3.64. The van der Waals surface area contributed by atoms with Gasteiger partial charge >= 0.3 is 0 Å². The Hall–Kier alpha value is -1.32. The number of rotatable bonds is 6. The maximum atomic E-state index is 3.46. The Kier molecular flexibility index (Phi) is 4.59. The van der Waals surface area contributed by atoms with Crippen LogP contribution < -0.4 is 10.6 Å². The monoisotopic (exact) mass is 246 g/mol. The summed E-state index contributed by atoms with van der Waals surface area (Å²) < 4.78 is 0. The van der Waals surface area contributed by atoms with Gasteiger partial charge in [0, 0.05) is 30.7 Å². The Labute approximate surface area is 107 Å². The summed E-state index contributed by atoms with van der Waals surface area (Å²) in [4.78, 5) is 1.45. The van der Waals surface area contributed by atoms with Crippen molar-refractivity contribution in [2.45, 2.75) is 13.0 Å². The summed E-state index contributed by atoms with van der Waals surface area (Å²) in [5, 5.41) is 8.72. The molecule has 90 valence electrons. The zero-order valence-corrected chi connectivity index (χ0v) is 10.9. The second-order valence-corrected chi connectivity index (χ2v) is 4.99. The van der Waals surface area contributed by atoms with E-state index in [1.165, 1.54) is 10.4 Å². The molecular formula is C14H18N2S. The predicted molar refractivity (Wildman–Crippen MR) is 75.7 cm³/mol. The second-order valence-electron chi connectivity index (χ2n) is 3.95. The van der Waals surface area contributed by atoms with Crippen LogP contribution in [0.4, 0.5) is 5.69 Å². The highest BCUT2D eigenvalue weighted by molar-refractivity contribution is 7.09. The van der Waals surface area contributed by atoms with E-state index in [1.807, 2.05) is 18.4 Å². The molecule has 0 bridgehead atoms. The molecular weight excluding hydrogens is 228 g/mol. The van der Waals surface area contributed by atoms with Crippen molar-refractivity contribution < 1.29 is 0 Å². The number of benzene rings is 1. The van der Waals surface area contributed by atoms with Gasteiger partial charge in [0.05, 0.1) is 0 Å². The first kappa shape index (κ1) is 12.1. The SMILES string of the molecule is CNc1ccc(CNCCc2cccs2)cc1. The van der Waals surface area contributed by atoms with E-state index in [-0.39, 0.29) is 0 Å². The summed E-state index contributed by atoms with van der Waals surface area (Å²) in [5.41, 5.74) is 2.49. The topological polar surface area (TPSA) is 24.1 Å². The highest BCUT2D eigenvalue weighted by atomic mass is 32.1. The van der Waals surface area contributed by atoms with Crippen LogP contribution in [0.1, 0.15) is 10.4 Å². The predicted octanol–water partition coefficient (Wildman–Crippen LogP) is 3.12. The molecule has 2 rings (SSSR count). The van der Waals surface area contributed by atoms with Gasteiger partial charge in [-0.15, -0.1) is 11.3 Å². The molecule has 0 aliphatic heterocycles. The first-order valence-corrected chi connectivity index (χ1v) is 6.76. The Bertz CT molecular complexity index is 420. The van der Waals surface area contributed by atoms with Crippen LogP contribution in [-0.2, 0) is 13.0 Å². The lowest BCUT2D eigenvalue weighted by Gasteiger charge is -2.05. The Morgan fingerprint density at radius 3 is 2.59 bits per heavy atom. The van der Waals surface area contributed by atoms with Crippen molar-refractivity contribution in [1.29, 1.82) is 0 Å². The van der Waals surface area contributed by atoms with Crippen molar-refractivity contribution in [2.75, 3.05) is 18.9 Å². The summed E-state index contributed by atoms with van der Waals surface area (Å²) in [6.45, 7) is 1.98. The lowest BCUT2D eigenvalue weighted by atomic mass is 10.2. The van der Waals surface area contributed by atoms with E-state index < -0.39 is 0 Å². The molecule has 1 aromatic carbocycles. The molecule has 0 atom stereocenters. The van der Waals surface area contributed by atoms with Gasteiger partial charge in [-0.25, -0.2) is 0 Å². The summed E-state index contributed by atoms with van der Waals surface area (Å²) >= 11 is 1.83. The van der Waals surface area contributed by atoms with Crippen LogP contribution in [0.25, 0.3) is 0 Å². The molecule has 0 saturated heterocycles. The van der Waals surface area contributed by atoms with Gasteiger partial charge in [-0.1, -0.05) is 18.2 Å². The molecule has 1 aromatic heterocycles. The highest BCUT2D eigenvalue weighted by Crippen LogP contribution is 2.09. The molecule has 0 fully saturated rings. The maximum absolute atomic E-state index is 3.46. The molecule has 0 unspecified atom stereocenters. The molecule has 0 saturated carbocycles. The Balaban J connectivity index is 1.70. The number of thiophene rings is 1. The van der Waals surface area contributed by atoms with Crippen molar-refractivity contribution in [3.05, 3.63) is 52.2 Å². The maximum Gasteiger partial charge on any atom is 0.0337 e. The smallest absolute Gasteiger partial charge is 0.0337 e. The fourth-order valence-corrected chi connectivity index (χ4v) is 2.40. The van der Waals surface area contributed by atoms with Crippen LogP contribution in [0.3, 0.4) is 0 Å². The van der Waals surface area contributed by atoms with E-state index in [2.05, 4.69) is 52.4 Å². The average Bonchev–Trinajstić information content (AvgIpc) is 2.88. The summed E-state index contributed by atoms with van der Waals surface area (Å²) in [6, 6.07) is 12.8. The van der Waals surface area contributed by atoms with Crippen LogP contribution in [0, 0.1) is 0 Å². The molecule has 0 spiro atoms. The van der Waals surface area contributed by atoms with E-state index in [1.54, 1.807) is 0 Å². The van der Waals surface area contributed by atoms with E-state index in [0.29, 0.717) is 0 Å². The van der Waals surface area contributed by atoms with Gasteiger partial charge in [0.25, 0.3) is 0 Å². The number of hydrogen-bond acceptors (Lipinski definition) is 3. The van der Waals surface area contributed by atoms with Crippen molar-refractivity contribution >= 4 is 17.0 Å². The molecule has 1 heterocycles. The lowest BCUT2D eigenvalue weighted by Crippen LogP contribution is -2.16. The number of anilines is 1. The van der Waals surface area contributed by atoms with Crippen molar-refractivity contribution in [3.8, 4) is 0 Å². The molecule has 0 amide bonds. The van der Waals surface area contributed by atoms with Gasteiger partial charge < -0.3 is 10.6 Å². The standard InChI is InChI=1S/C14H18N2S/c1-15-13-6-4-12(5-7-13)11-16-9-8-14-3-2-10-17-14/h2-7,10,15-16H,8-9,11H2,1H3. The van der Waals surface area contributed by atoms with E-state index in [0.717, 1.165) is 25.2 Å². The highest BCUT2D eigenvalue weighted by Gasteiger charge is 1.95. The molecule has 3 heteroatoms. The molecule has 0 aliphatic rings. The third kappa shape index (κ3) is 3.88. The zero-order valence-electron chi connectivity index (χ0n) is 10.1. The van der Waals surface area contributed by atoms with Crippen LogP contribution in [0.15, 0.2) is 41.8 Å². The van der Waals surface area contributed by atoms with Gasteiger partial charge in [-0.05, 0) is 35.6 Å².